The van der Waals surface area contributed by atoms with Gasteiger partial charge < -0.3 is 5.32 Å². The quantitative estimate of drug-likeness (QED) is 0.505. The molecule has 0 rings (SSSR count). The van der Waals surface area contributed by atoms with Crippen molar-refractivity contribution in [3.05, 3.63) is 0 Å². The second-order valence-electron chi connectivity index (χ2n) is 8.02. The number of unbranched alkanes of at least 4 members (excludes halogenated alkanes) is 1. The van der Waals surface area contributed by atoms with Gasteiger partial charge >= 0.3 is 0 Å². The highest BCUT2D eigenvalue weighted by atomic mass is 15.2. The molecule has 0 spiro atoms. The molecule has 0 aromatic rings. The van der Waals surface area contributed by atoms with Crippen molar-refractivity contribution in [2.75, 3.05) is 13.1 Å². The Morgan fingerprint density at radius 2 is 1.52 bits per heavy atom. The van der Waals surface area contributed by atoms with Crippen molar-refractivity contribution in [1.29, 1.82) is 0 Å². The monoisotopic (exact) mass is 298 g/mol. The van der Waals surface area contributed by atoms with E-state index in [1.165, 1.54) is 38.6 Å². The van der Waals surface area contributed by atoms with Gasteiger partial charge in [-0.3, -0.25) is 4.90 Å². The number of nitrogens with one attached hydrogen (secondary N) is 1. The van der Waals surface area contributed by atoms with Crippen molar-refractivity contribution < 1.29 is 0 Å². The first-order valence-electron chi connectivity index (χ1n) is 9.20. The number of hydrogen-bond acceptors (Lipinski definition) is 2. The molecule has 21 heavy (non-hydrogen) atoms. The molecule has 0 radical (unpaired) electrons. The fraction of sp³-hybridized carbons (Fsp3) is 1.00. The SMILES string of the molecule is CCCCNC(C)(C)CCC(C)CCN(C(C)C)C(C)C. The van der Waals surface area contributed by atoms with Crippen LogP contribution in [0.3, 0.4) is 0 Å². The second-order valence-corrected chi connectivity index (χ2v) is 8.02. The lowest BCUT2D eigenvalue weighted by Crippen LogP contribution is -2.40. The predicted octanol–water partition coefficient (Wildman–Crippen LogP) is 5.08. The predicted molar refractivity (Wildman–Crippen MR) is 97.0 cm³/mol. The van der Waals surface area contributed by atoms with E-state index in [2.05, 4.69) is 65.6 Å². The van der Waals surface area contributed by atoms with Crippen LogP contribution in [0, 0.1) is 5.92 Å². The van der Waals surface area contributed by atoms with Crippen molar-refractivity contribution in [1.82, 2.24) is 10.2 Å². The van der Waals surface area contributed by atoms with E-state index >= 15 is 0 Å². The minimum atomic E-state index is 0.291. The number of hydrogen-bond donors (Lipinski definition) is 1. The lowest BCUT2D eigenvalue weighted by Gasteiger charge is -2.32. The van der Waals surface area contributed by atoms with Gasteiger partial charge in [0.2, 0.25) is 0 Å². The van der Waals surface area contributed by atoms with Crippen LogP contribution in [-0.2, 0) is 0 Å². The molecule has 0 aliphatic rings. The largest absolute Gasteiger partial charge is 0.312 e. The van der Waals surface area contributed by atoms with Gasteiger partial charge in [0.15, 0.2) is 0 Å². The van der Waals surface area contributed by atoms with Crippen LogP contribution < -0.4 is 5.32 Å². The maximum absolute atomic E-state index is 3.71. The molecule has 0 amide bonds. The third-order valence-corrected chi connectivity index (χ3v) is 4.60. The van der Waals surface area contributed by atoms with Gasteiger partial charge in [-0.1, -0.05) is 20.3 Å². The molecule has 0 aromatic heterocycles. The van der Waals surface area contributed by atoms with Gasteiger partial charge in [0, 0.05) is 17.6 Å². The first kappa shape index (κ1) is 20.9. The van der Waals surface area contributed by atoms with Crippen LogP contribution in [0.4, 0.5) is 0 Å². The Kier molecular flexibility index (Phi) is 10.6. The van der Waals surface area contributed by atoms with Gasteiger partial charge in [0.05, 0.1) is 0 Å². The first-order chi connectivity index (χ1) is 9.69. The number of rotatable bonds is 12. The molecule has 0 heterocycles. The van der Waals surface area contributed by atoms with E-state index in [0.717, 1.165) is 12.5 Å². The third-order valence-electron chi connectivity index (χ3n) is 4.60. The van der Waals surface area contributed by atoms with Gasteiger partial charge in [-0.05, 0) is 86.2 Å². The summed E-state index contributed by atoms with van der Waals surface area (Å²) in [7, 11) is 0. The molecule has 128 valence electrons. The molecule has 2 nitrogen and oxygen atoms in total. The third kappa shape index (κ3) is 10.3. The van der Waals surface area contributed by atoms with Crippen molar-refractivity contribution in [2.24, 2.45) is 5.92 Å². The van der Waals surface area contributed by atoms with Gasteiger partial charge in [0.25, 0.3) is 0 Å². The topological polar surface area (TPSA) is 15.3 Å². The Morgan fingerprint density at radius 3 is 2.00 bits per heavy atom. The zero-order chi connectivity index (χ0) is 16.5. The van der Waals surface area contributed by atoms with Crippen molar-refractivity contribution >= 4 is 0 Å². The van der Waals surface area contributed by atoms with Crippen LogP contribution >= 0.6 is 0 Å². The van der Waals surface area contributed by atoms with E-state index in [4.69, 9.17) is 0 Å². The second kappa shape index (κ2) is 10.6. The van der Waals surface area contributed by atoms with Crippen LogP contribution in [0.15, 0.2) is 0 Å². The van der Waals surface area contributed by atoms with E-state index in [0.29, 0.717) is 17.6 Å². The zero-order valence-corrected chi connectivity index (χ0v) is 16.1. The molecule has 0 saturated carbocycles. The minimum Gasteiger partial charge on any atom is -0.312 e. The summed E-state index contributed by atoms with van der Waals surface area (Å²) in [4.78, 5) is 2.61. The molecular weight excluding hydrogens is 256 g/mol. The smallest absolute Gasteiger partial charge is 0.0125 e. The highest BCUT2D eigenvalue weighted by Gasteiger charge is 2.19. The summed E-state index contributed by atoms with van der Waals surface area (Å²) in [6, 6.07) is 1.31. The van der Waals surface area contributed by atoms with E-state index in [-0.39, 0.29) is 0 Å². The number of nitrogens with zero attached hydrogens (tertiary/aromatic N) is 1. The standard InChI is InChI=1S/C19H42N2/c1-9-10-14-20-19(7,8)13-11-18(6)12-15-21(16(2)3)17(4)5/h16-18,20H,9-15H2,1-8H3. The van der Waals surface area contributed by atoms with Gasteiger partial charge in [-0.25, -0.2) is 0 Å². The summed E-state index contributed by atoms with van der Waals surface area (Å²) in [6.45, 7) is 21.0. The van der Waals surface area contributed by atoms with Crippen molar-refractivity contribution in [2.45, 2.75) is 105 Å². The summed E-state index contributed by atoms with van der Waals surface area (Å²) in [5.41, 5.74) is 0.291. The molecule has 1 unspecified atom stereocenters. The Bertz CT molecular complexity index is 238. The summed E-state index contributed by atoms with van der Waals surface area (Å²) >= 11 is 0. The van der Waals surface area contributed by atoms with E-state index in [1.807, 2.05) is 0 Å². The van der Waals surface area contributed by atoms with Gasteiger partial charge in [-0.2, -0.15) is 0 Å². The van der Waals surface area contributed by atoms with Crippen LogP contribution in [0.1, 0.15) is 87.5 Å². The Morgan fingerprint density at radius 1 is 0.952 bits per heavy atom. The molecule has 1 atom stereocenters. The summed E-state index contributed by atoms with van der Waals surface area (Å²) in [5, 5.41) is 3.71. The minimum absolute atomic E-state index is 0.291. The molecule has 2 heteroatoms. The van der Waals surface area contributed by atoms with Crippen LogP contribution in [-0.4, -0.2) is 35.6 Å². The Labute approximate surface area is 135 Å². The molecule has 0 aliphatic heterocycles. The fourth-order valence-corrected chi connectivity index (χ4v) is 2.93. The summed E-state index contributed by atoms with van der Waals surface area (Å²) < 4.78 is 0. The maximum Gasteiger partial charge on any atom is 0.0125 e. The molecule has 0 bridgehead atoms. The van der Waals surface area contributed by atoms with E-state index in [9.17, 15) is 0 Å². The zero-order valence-electron chi connectivity index (χ0n) is 16.1. The summed E-state index contributed by atoms with van der Waals surface area (Å²) in [6.07, 6.45) is 6.50. The lowest BCUT2D eigenvalue weighted by molar-refractivity contribution is 0.161. The molecule has 0 saturated heterocycles. The first-order valence-corrected chi connectivity index (χ1v) is 9.20. The van der Waals surface area contributed by atoms with Crippen LogP contribution in [0.25, 0.3) is 0 Å². The van der Waals surface area contributed by atoms with Crippen molar-refractivity contribution in [3.63, 3.8) is 0 Å². The van der Waals surface area contributed by atoms with Crippen LogP contribution in [0.2, 0.25) is 0 Å². The van der Waals surface area contributed by atoms with E-state index < -0.39 is 0 Å². The Balaban J connectivity index is 4.00. The summed E-state index contributed by atoms with van der Waals surface area (Å²) in [5.74, 6) is 0.817. The molecule has 0 aromatic carbocycles. The Hall–Kier alpha value is -0.0800. The highest BCUT2D eigenvalue weighted by molar-refractivity contribution is 4.78. The van der Waals surface area contributed by atoms with Crippen molar-refractivity contribution in [3.8, 4) is 0 Å². The van der Waals surface area contributed by atoms with E-state index in [1.54, 1.807) is 0 Å². The normalized spacial score (nSPS) is 14.4. The molecule has 0 aliphatic carbocycles. The fourth-order valence-electron chi connectivity index (χ4n) is 2.93. The van der Waals surface area contributed by atoms with Crippen LogP contribution in [0.5, 0.6) is 0 Å². The molecule has 0 fully saturated rings. The average Bonchev–Trinajstić information content (AvgIpc) is 2.36. The highest BCUT2D eigenvalue weighted by Crippen LogP contribution is 2.19. The molecule has 1 N–H and O–H groups in total. The molecular formula is C19H42N2. The average molecular weight is 299 g/mol. The van der Waals surface area contributed by atoms with Gasteiger partial charge in [-0.15, -0.1) is 0 Å². The lowest BCUT2D eigenvalue weighted by atomic mass is 9.91. The van der Waals surface area contributed by atoms with Gasteiger partial charge in [0.1, 0.15) is 0 Å². The maximum atomic E-state index is 3.71.